The molecular weight excluding hydrogens is 406 g/mol. The number of hydrogen-bond donors (Lipinski definition) is 1. The van der Waals surface area contributed by atoms with Crippen LogP contribution in [0.1, 0.15) is 49.7 Å². The van der Waals surface area contributed by atoms with Crippen LogP contribution in [0.25, 0.3) is 0 Å². The van der Waals surface area contributed by atoms with Crippen molar-refractivity contribution in [2.75, 3.05) is 0 Å². The molecule has 7 nitrogen and oxygen atoms in total. The molecule has 0 aliphatic rings. The van der Waals surface area contributed by atoms with Gasteiger partial charge in [0.25, 0.3) is 0 Å². The number of nitrogens with zero attached hydrogens (tertiary/aromatic N) is 3. The highest BCUT2D eigenvalue weighted by Crippen LogP contribution is 2.20. The number of benzene rings is 2. The zero-order chi connectivity index (χ0) is 23.3. The van der Waals surface area contributed by atoms with Gasteiger partial charge in [-0.15, -0.1) is 0 Å². The van der Waals surface area contributed by atoms with Gasteiger partial charge in [0, 0.05) is 13.5 Å². The van der Waals surface area contributed by atoms with Gasteiger partial charge in [-0.2, -0.15) is 5.10 Å². The van der Waals surface area contributed by atoms with E-state index in [2.05, 4.69) is 24.2 Å². The van der Waals surface area contributed by atoms with E-state index in [4.69, 9.17) is 4.74 Å². The number of aliphatic carboxylic acids is 1. The van der Waals surface area contributed by atoms with Gasteiger partial charge < -0.3 is 9.84 Å². The Morgan fingerprint density at radius 3 is 2.19 bits per heavy atom. The fourth-order valence-corrected chi connectivity index (χ4v) is 3.42. The fourth-order valence-electron chi connectivity index (χ4n) is 3.42. The first-order valence-electron chi connectivity index (χ1n) is 10.9. The van der Waals surface area contributed by atoms with Crippen molar-refractivity contribution in [2.24, 2.45) is 7.05 Å². The van der Waals surface area contributed by atoms with E-state index < -0.39 is 11.6 Å². The second kappa shape index (κ2) is 9.85. The van der Waals surface area contributed by atoms with Crippen molar-refractivity contribution in [3.8, 4) is 5.75 Å². The number of carboxylic acids is 1. The largest absolute Gasteiger partial charge is 0.478 e. The van der Waals surface area contributed by atoms with E-state index in [0.29, 0.717) is 18.7 Å². The Morgan fingerprint density at radius 1 is 1.00 bits per heavy atom. The number of carbonyl (C=O) groups is 1. The van der Waals surface area contributed by atoms with Crippen LogP contribution >= 0.6 is 0 Å². The summed E-state index contributed by atoms with van der Waals surface area (Å²) in [4.78, 5) is 23.8. The number of aryl methyl sites for hydroxylation is 3. The van der Waals surface area contributed by atoms with Crippen LogP contribution in [0.4, 0.5) is 0 Å². The van der Waals surface area contributed by atoms with Crippen molar-refractivity contribution in [1.82, 2.24) is 14.3 Å². The number of hydrogen-bond acceptors (Lipinski definition) is 4. The summed E-state index contributed by atoms with van der Waals surface area (Å²) in [6, 6.07) is 15.7. The highest BCUT2D eigenvalue weighted by molar-refractivity contribution is 5.76. The van der Waals surface area contributed by atoms with Gasteiger partial charge in [-0.25, -0.2) is 14.3 Å². The minimum Gasteiger partial charge on any atom is -0.478 e. The lowest BCUT2D eigenvalue weighted by Gasteiger charge is -2.21. The summed E-state index contributed by atoms with van der Waals surface area (Å²) in [5, 5.41) is 13.7. The zero-order valence-corrected chi connectivity index (χ0v) is 19.2. The van der Waals surface area contributed by atoms with Crippen molar-refractivity contribution in [3.05, 3.63) is 81.5 Å². The van der Waals surface area contributed by atoms with Crippen LogP contribution in [0, 0.1) is 0 Å². The fraction of sp³-hybridized carbons (Fsp3) is 0.400. The molecule has 0 bridgehead atoms. The third-order valence-corrected chi connectivity index (χ3v) is 5.57. The van der Waals surface area contributed by atoms with Crippen molar-refractivity contribution < 1.29 is 14.6 Å². The van der Waals surface area contributed by atoms with Crippen LogP contribution < -0.4 is 10.4 Å². The Bertz CT molecular complexity index is 1110. The van der Waals surface area contributed by atoms with E-state index in [1.165, 1.54) is 24.1 Å². The first-order chi connectivity index (χ1) is 15.2. The first-order valence-corrected chi connectivity index (χ1v) is 10.9. The van der Waals surface area contributed by atoms with Crippen molar-refractivity contribution in [2.45, 2.75) is 58.6 Å². The van der Waals surface area contributed by atoms with E-state index in [1.807, 2.05) is 24.3 Å². The molecule has 0 amide bonds. The number of carboxylic acid groups (broad SMARTS) is 1. The standard InChI is InChI=1S/C25H31N3O4/c1-5-18-9-11-20(12-10-18)17-28-24(31)27(4)22(26-28)8-6-7-19-13-15-21(16-14-19)32-25(2,3)23(29)30/h9-16H,5-8,17H2,1-4H3,(H,29,30). The Labute approximate surface area is 188 Å². The maximum absolute atomic E-state index is 12.6. The minimum absolute atomic E-state index is 0.109. The Hall–Kier alpha value is -3.35. The second-order valence-corrected chi connectivity index (χ2v) is 8.50. The highest BCUT2D eigenvalue weighted by Gasteiger charge is 2.29. The monoisotopic (exact) mass is 437 g/mol. The molecule has 0 saturated carbocycles. The molecule has 32 heavy (non-hydrogen) atoms. The van der Waals surface area contributed by atoms with Gasteiger partial charge in [0.15, 0.2) is 5.60 Å². The van der Waals surface area contributed by atoms with Crippen LogP contribution in [0.5, 0.6) is 5.75 Å². The van der Waals surface area contributed by atoms with E-state index in [1.54, 1.807) is 23.7 Å². The topological polar surface area (TPSA) is 86.3 Å². The lowest BCUT2D eigenvalue weighted by molar-refractivity contribution is -0.152. The molecule has 1 aromatic heterocycles. The molecule has 7 heteroatoms. The molecule has 0 saturated heterocycles. The molecule has 1 N–H and O–H groups in total. The van der Waals surface area contributed by atoms with Gasteiger partial charge in [-0.05, 0) is 61.9 Å². The summed E-state index contributed by atoms with van der Waals surface area (Å²) in [7, 11) is 1.76. The van der Waals surface area contributed by atoms with Crippen LogP contribution in [0.2, 0.25) is 0 Å². The number of ether oxygens (including phenoxy) is 1. The van der Waals surface area contributed by atoms with Gasteiger partial charge in [0.05, 0.1) is 6.54 Å². The summed E-state index contributed by atoms with van der Waals surface area (Å²) < 4.78 is 8.67. The average Bonchev–Trinajstić information content (AvgIpc) is 3.03. The van der Waals surface area contributed by atoms with E-state index in [0.717, 1.165) is 36.2 Å². The van der Waals surface area contributed by atoms with Gasteiger partial charge in [0.2, 0.25) is 0 Å². The molecule has 3 aromatic rings. The third kappa shape index (κ3) is 5.66. The van der Waals surface area contributed by atoms with Crippen molar-refractivity contribution in [3.63, 3.8) is 0 Å². The normalized spacial score (nSPS) is 11.5. The van der Waals surface area contributed by atoms with E-state index in [9.17, 15) is 14.7 Å². The molecule has 0 atom stereocenters. The molecule has 0 aliphatic carbocycles. The maximum atomic E-state index is 12.6. The predicted molar refractivity (Wildman–Crippen MR) is 123 cm³/mol. The highest BCUT2D eigenvalue weighted by atomic mass is 16.5. The molecule has 170 valence electrons. The molecule has 3 rings (SSSR count). The van der Waals surface area contributed by atoms with Crippen LogP contribution in [-0.4, -0.2) is 31.0 Å². The lowest BCUT2D eigenvalue weighted by Crippen LogP contribution is -2.37. The van der Waals surface area contributed by atoms with E-state index >= 15 is 0 Å². The maximum Gasteiger partial charge on any atom is 0.347 e. The SMILES string of the molecule is CCc1ccc(Cn2nc(CCCc3ccc(OC(C)(C)C(=O)O)cc3)n(C)c2=O)cc1. The van der Waals surface area contributed by atoms with Gasteiger partial charge in [-0.3, -0.25) is 4.57 Å². The Morgan fingerprint density at radius 2 is 1.59 bits per heavy atom. The summed E-state index contributed by atoms with van der Waals surface area (Å²) in [6.07, 6.45) is 3.35. The van der Waals surface area contributed by atoms with Crippen molar-refractivity contribution >= 4 is 5.97 Å². The average molecular weight is 438 g/mol. The van der Waals surface area contributed by atoms with Gasteiger partial charge in [-0.1, -0.05) is 43.3 Å². The molecule has 0 fully saturated rings. The quantitative estimate of drug-likeness (QED) is 0.524. The number of aromatic nitrogens is 3. The second-order valence-electron chi connectivity index (χ2n) is 8.50. The van der Waals surface area contributed by atoms with Crippen LogP contribution in [0.3, 0.4) is 0 Å². The Balaban J connectivity index is 1.57. The lowest BCUT2D eigenvalue weighted by atomic mass is 10.1. The smallest absolute Gasteiger partial charge is 0.347 e. The van der Waals surface area contributed by atoms with Crippen molar-refractivity contribution in [1.29, 1.82) is 0 Å². The molecular formula is C25H31N3O4. The molecule has 1 heterocycles. The summed E-state index contributed by atoms with van der Waals surface area (Å²) >= 11 is 0. The first kappa shape index (κ1) is 23.3. The summed E-state index contributed by atoms with van der Waals surface area (Å²) in [6.45, 7) is 5.62. The molecule has 2 aromatic carbocycles. The third-order valence-electron chi connectivity index (χ3n) is 5.57. The van der Waals surface area contributed by atoms with Gasteiger partial charge >= 0.3 is 11.7 Å². The minimum atomic E-state index is -1.27. The molecule has 0 unspecified atom stereocenters. The Kier molecular flexibility index (Phi) is 7.18. The van der Waals surface area contributed by atoms with Gasteiger partial charge in [0.1, 0.15) is 11.6 Å². The molecule has 0 spiro atoms. The van der Waals surface area contributed by atoms with Crippen LogP contribution in [-0.2, 0) is 37.6 Å². The predicted octanol–water partition coefficient (Wildman–Crippen LogP) is 3.61. The molecule has 0 aliphatic heterocycles. The number of rotatable bonds is 10. The molecule has 0 radical (unpaired) electrons. The summed E-state index contributed by atoms with van der Waals surface area (Å²) in [5.74, 6) is 0.280. The summed E-state index contributed by atoms with van der Waals surface area (Å²) in [5.41, 5.74) is 2.06. The van der Waals surface area contributed by atoms with E-state index in [-0.39, 0.29) is 5.69 Å². The van der Waals surface area contributed by atoms with Crippen LogP contribution in [0.15, 0.2) is 53.3 Å². The zero-order valence-electron chi connectivity index (χ0n) is 19.2.